The summed E-state index contributed by atoms with van der Waals surface area (Å²) in [7, 11) is 0. The molecule has 0 fully saturated rings. The molecule has 1 heterocycles. The Morgan fingerprint density at radius 1 is 1.10 bits per heavy atom. The molecule has 3 aromatic rings. The van der Waals surface area contributed by atoms with Crippen molar-refractivity contribution in [2.75, 3.05) is 23.3 Å². The van der Waals surface area contributed by atoms with E-state index < -0.39 is 5.82 Å². The molecule has 0 bridgehead atoms. The van der Waals surface area contributed by atoms with Gasteiger partial charge in [0.2, 0.25) is 0 Å². The van der Waals surface area contributed by atoms with Crippen LogP contribution in [0.25, 0.3) is 0 Å². The van der Waals surface area contributed by atoms with Gasteiger partial charge in [-0.1, -0.05) is 11.6 Å². The molecular weight excluding hydrogens is 395 g/mol. The highest BCUT2D eigenvalue weighted by Crippen LogP contribution is 2.26. The topological polar surface area (TPSA) is 54.7 Å². The Hall–Kier alpha value is -2.99. The van der Waals surface area contributed by atoms with Crippen LogP contribution >= 0.6 is 11.6 Å². The van der Waals surface area contributed by atoms with Gasteiger partial charge in [0.05, 0.1) is 5.02 Å². The van der Waals surface area contributed by atoms with Gasteiger partial charge in [-0.3, -0.25) is 4.79 Å². The fourth-order valence-electron chi connectivity index (χ4n) is 2.86. The summed E-state index contributed by atoms with van der Waals surface area (Å²) in [5.74, 6) is 0.161. The maximum Gasteiger partial charge on any atom is 0.291 e. The molecular formula is C22H22ClFN2O3. The molecule has 1 N–H and O–H groups in total. The molecule has 5 nitrogen and oxygen atoms in total. The molecule has 0 aliphatic rings. The van der Waals surface area contributed by atoms with Crippen molar-refractivity contribution in [3.8, 4) is 5.75 Å². The second-order valence-electron chi connectivity index (χ2n) is 6.30. The molecule has 0 radical (unpaired) electrons. The molecule has 1 amide bonds. The minimum Gasteiger partial charge on any atom is -0.484 e. The van der Waals surface area contributed by atoms with Crippen molar-refractivity contribution in [1.29, 1.82) is 0 Å². The summed E-state index contributed by atoms with van der Waals surface area (Å²) < 4.78 is 24.1. The smallest absolute Gasteiger partial charge is 0.291 e. The summed E-state index contributed by atoms with van der Waals surface area (Å²) in [6.45, 7) is 6.10. The van der Waals surface area contributed by atoms with Gasteiger partial charge < -0.3 is 19.4 Å². The first kappa shape index (κ1) is 20.7. The second kappa shape index (κ2) is 9.47. The average Bonchev–Trinajstić information content (AvgIpc) is 3.19. The molecule has 1 aromatic heterocycles. The van der Waals surface area contributed by atoms with E-state index in [1.165, 1.54) is 18.2 Å². The predicted octanol–water partition coefficient (Wildman–Crippen LogP) is 5.75. The molecule has 0 spiro atoms. The quantitative estimate of drug-likeness (QED) is 0.508. The number of anilines is 2. The standard InChI is InChI=1S/C22H22ClFN2O3/c1-3-26(4-2)17-8-6-16(7-9-17)25-22(27)21-12-10-18(29-21)14-28-20-11-5-15(24)13-19(20)23/h5-13H,3-4,14H2,1-2H3,(H,25,27). The monoisotopic (exact) mass is 416 g/mol. The van der Waals surface area contributed by atoms with E-state index in [-0.39, 0.29) is 23.3 Å². The molecule has 0 saturated carbocycles. The SMILES string of the molecule is CCN(CC)c1ccc(NC(=O)c2ccc(COc3ccc(F)cc3Cl)o2)cc1. The Kier molecular flexibility index (Phi) is 6.77. The Labute approximate surface area is 174 Å². The van der Waals surface area contributed by atoms with Gasteiger partial charge in [-0.2, -0.15) is 0 Å². The summed E-state index contributed by atoms with van der Waals surface area (Å²) >= 11 is 5.93. The Morgan fingerprint density at radius 3 is 2.48 bits per heavy atom. The van der Waals surface area contributed by atoms with E-state index in [4.69, 9.17) is 20.8 Å². The van der Waals surface area contributed by atoms with Gasteiger partial charge in [0.15, 0.2) is 5.76 Å². The zero-order valence-corrected chi connectivity index (χ0v) is 17.0. The minimum absolute atomic E-state index is 0.0667. The van der Waals surface area contributed by atoms with E-state index in [0.29, 0.717) is 17.2 Å². The number of nitrogens with one attached hydrogen (secondary N) is 1. The average molecular weight is 417 g/mol. The first-order valence-corrected chi connectivity index (χ1v) is 9.71. The lowest BCUT2D eigenvalue weighted by atomic mass is 10.2. The van der Waals surface area contributed by atoms with Gasteiger partial charge in [-0.15, -0.1) is 0 Å². The van der Waals surface area contributed by atoms with E-state index in [1.807, 2.05) is 24.3 Å². The van der Waals surface area contributed by atoms with Crippen molar-refractivity contribution in [1.82, 2.24) is 0 Å². The summed E-state index contributed by atoms with van der Waals surface area (Å²) in [6, 6.07) is 14.7. The summed E-state index contributed by atoms with van der Waals surface area (Å²) in [5.41, 5.74) is 1.78. The van der Waals surface area contributed by atoms with Crippen LogP contribution in [0.2, 0.25) is 5.02 Å². The van der Waals surface area contributed by atoms with Gasteiger partial charge in [0.1, 0.15) is 23.9 Å². The molecule has 3 rings (SSSR count). The van der Waals surface area contributed by atoms with Crippen molar-refractivity contribution in [2.24, 2.45) is 0 Å². The highest BCUT2D eigenvalue weighted by atomic mass is 35.5. The van der Waals surface area contributed by atoms with Gasteiger partial charge in [0.25, 0.3) is 5.91 Å². The predicted molar refractivity (Wildman–Crippen MR) is 112 cm³/mol. The van der Waals surface area contributed by atoms with E-state index >= 15 is 0 Å². The summed E-state index contributed by atoms with van der Waals surface area (Å²) in [6.07, 6.45) is 0. The van der Waals surface area contributed by atoms with Crippen LogP contribution in [0.4, 0.5) is 15.8 Å². The first-order valence-electron chi connectivity index (χ1n) is 9.33. The largest absolute Gasteiger partial charge is 0.484 e. The highest BCUT2D eigenvalue weighted by molar-refractivity contribution is 6.32. The lowest BCUT2D eigenvalue weighted by Crippen LogP contribution is -2.21. The number of hydrogen-bond acceptors (Lipinski definition) is 4. The minimum atomic E-state index is -0.440. The van der Waals surface area contributed by atoms with Gasteiger partial charge in [0, 0.05) is 24.5 Å². The van der Waals surface area contributed by atoms with Crippen molar-refractivity contribution in [3.05, 3.63) is 77.0 Å². The fraction of sp³-hybridized carbons (Fsp3) is 0.227. The Balaban J connectivity index is 1.59. The maximum atomic E-state index is 13.1. The van der Waals surface area contributed by atoms with Crippen LogP contribution in [0, 0.1) is 5.82 Å². The number of nitrogens with zero attached hydrogens (tertiary/aromatic N) is 1. The van der Waals surface area contributed by atoms with Crippen LogP contribution in [0.5, 0.6) is 5.75 Å². The third-order valence-corrected chi connectivity index (χ3v) is 4.70. The third-order valence-electron chi connectivity index (χ3n) is 4.40. The van der Waals surface area contributed by atoms with Gasteiger partial charge in [-0.25, -0.2) is 4.39 Å². The lowest BCUT2D eigenvalue weighted by Gasteiger charge is -2.21. The van der Waals surface area contributed by atoms with Crippen molar-refractivity contribution in [3.63, 3.8) is 0 Å². The van der Waals surface area contributed by atoms with Gasteiger partial charge >= 0.3 is 0 Å². The van der Waals surface area contributed by atoms with E-state index in [9.17, 15) is 9.18 Å². The number of rotatable bonds is 8. The fourth-order valence-corrected chi connectivity index (χ4v) is 3.08. The first-order chi connectivity index (χ1) is 14.0. The third kappa shape index (κ3) is 5.29. The van der Waals surface area contributed by atoms with Crippen molar-refractivity contribution in [2.45, 2.75) is 20.5 Å². The molecule has 29 heavy (non-hydrogen) atoms. The molecule has 0 atom stereocenters. The molecule has 2 aromatic carbocycles. The zero-order chi connectivity index (χ0) is 20.8. The number of ether oxygens (including phenoxy) is 1. The van der Waals surface area contributed by atoms with E-state index in [2.05, 4.69) is 24.1 Å². The number of halogens is 2. The number of hydrogen-bond donors (Lipinski definition) is 1. The van der Waals surface area contributed by atoms with Crippen LogP contribution in [0.1, 0.15) is 30.2 Å². The van der Waals surface area contributed by atoms with Crippen LogP contribution < -0.4 is 15.0 Å². The number of benzene rings is 2. The van der Waals surface area contributed by atoms with Crippen molar-refractivity contribution >= 4 is 28.9 Å². The summed E-state index contributed by atoms with van der Waals surface area (Å²) in [5, 5.41) is 2.98. The van der Waals surface area contributed by atoms with Crippen LogP contribution in [0.3, 0.4) is 0 Å². The van der Waals surface area contributed by atoms with Gasteiger partial charge in [-0.05, 0) is 68.4 Å². The summed E-state index contributed by atoms with van der Waals surface area (Å²) in [4.78, 5) is 14.6. The number of carbonyl (C=O) groups excluding carboxylic acids is 1. The van der Waals surface area contributed by atoms with Crippen molar-refractivity contribution < 1.29 is 18.3 Å². The number of carbonyl (C=O) groups is 1. The molecule has 0 saturated heterocycles. The van der Waals surface area contributed by atoms with Crippen LogP contribution in [0.15, 0.2) is 59.0 Å². The highest BCUT2D eigenvalue weighted by Gasteiger charge is 2.13. The second-order valence-corrected chi connectivity index (χ2v) is 6.71. The molecule has 0 unspecified atom stereocenters. The Morgan fingerprint density at radius 2 is 1.83 bits per heavy atom. The molecule has 0 aliphatic heterocycles. The van der Waals surface area contributed by atoms with E-state index in [1.54, 1.807) is 12.1 Å². The molecule has 152 valence electrons. The maximum absolute atomic E-state index is 13.1. The van der Waals surface area contributed by atoms with E-state index in [0.717, 1.165) is 18.8 Å². The number of amides is 1. The van der Waals surface area contributed by atoms with Crippen LogP contribution in [-0.4, -0.2) is 19.0 Å². The molecule has 7 heteroatoms. The lowest BCUT2D eigenvalue weighted by molar-refractivity contribution is 0.0992. The van der Waals surface area contributed by atoms with Crippen LogP contribution in [-0.2, 0) is 6.61 Å². The number of furan rings is 1. The molecule has 0 aliphatic carbocycles. The normalized spacial score (nSPS) is 10.6. The zero-order valence-electron chi connectivity index (χ0n) is 16.2. The Bertz CT molecular complexity index is 968.